The van der Waals surface area contributed by atoms with Gasteiger partial charge in [-0.25, -0.2) is 0 Å². The molecule has 35 heavy (non-hydrogen) atoms. The van der Waals surface area contributed by atoms with Crippen LogP contribution in [-0.2, 0) is 17.9 Å². The molecule has 0 radical (unpaired) electrons. The zero-order valence-corrected chi connectivity index (χ0v) is 19.4. The van der Waals surface area contributed by atoms with E-state index in [9.17, 15) is 9.90 Å². The molecule has 0 fully saturated rings. The van der Waals surface area contributed by atoms with Gasteiger partial charge in [-0.3, -0.25) is 4.79 Å². The SMILES string of the molecule is Cc1c(COc2ccc([C@H](CC(=O)O)c3ccon3)cc2)ccc2ccn(Cc3ccccc3)c12. The molecular formula is C29H26N2O4. The molecule has 3 aromatic carbocycles. The topological polar surface area (TPSA) is 77.5 Å². The summed E-state index contributed by atoms with van der Waals surface area (Å²) in [5, 5.41) is 14.5. The molecule has 6 heteroatoms. The van der Waals surface area contributed by atoms with Gasteiger partial charge in [0.15, 0.2) is 0 Å². The van der Waals surface area contributed by atoms with Crippen LogP contribution in [0.5, 0.6) is 5.75 Å². The van der Waals surface area contributed by atoms with Gasteiger partial charge < -0.3 is 18.9 Å². The van der Waals surface area contributed by atoms with Crippen molar-refractivity contribution in [2.75, 3.05) is 0 Å². The van der Waals surface area contributed by atoms with Crippen molar-refractivity contribution in [1.29, 1.82) is 0 Å². The van der Waals surface area contributed by atoms with E-state index in [0.29, 0.717) is 12.3 Å². The van der Waals surface area contributed by atoms with Crippen LogP contribution in [0.4, 0.5) is 0 Å². The van der Waals surface area contributed by atoms with Crippen molar-refractivity contribution < 1.29 is 19.2 Å². The van der Waals surface area contributed by atoms with E-state index in [1.165, 1.54) is 28.3 Å². The molecule has 0 unspecified atom stereocenters. The lowest BCUT2D eigenvalue weighted by Gasteiger charge is -2.15. The number of benzene rings is 3. The highest BCUT2D eigenvalue weighted by molar-refractivity contribution is 5.84. The summed E-state index contributed by atoms with van der Waals surface area (Å²) in [4.78, 5) is 11.4. The van der Waals surface area contributed by atoms with Crippen molar-refractivity contribution in [1.82, 2.24) is 9.72 Å². The number of carboxylic acids is 1. The van der Waals surface area contributed by atoms with E-state index in [-0.39, 0.29) is 12.3 Å². The van der Waals surface area contributed by atoms with E-state index in [0.717, 1.165) is 23.4 Å². The predicted octanol–water partition coefficient (Wildman–Crippen LogP) is 6.17. The number of hydrogen-bond acceptors (Lipinski definition) is 4. The highest BCUT2D eigenvalue weighted by atomic mass is 16.5. The number of aromatic nitrogens is 2. The Morgan fingerprint density at radius 2 is 1.83 bits per heavy atom. The maximum atomic E-state index is 11.4. The third-order valence-electron chi connectivity index (χ3n) is 6.36. The minimum atomic E-state index is -0.888. The molecule has 1 N–H and O–H groups in total. The third kappa shape index (κ3) is 4.96. The molecule has 0 spiro atoms. The molecule has 2 aromatic heterocycles. The lowest BCUT2D eigenvalue weighted by Crippen LogP contribution is -2.08. The number of ether oxygens (including phenoxy) is 1. The molecule has 5 aromatic rings. The van der Waals surface area contributed by atoms with Crippen LogP contribution in [-0.4, -0.2) is 20.8 Å². The summed E-state index contributed by atoms with van der Waals surface area (Å²) in [5.41, 5.74) is 6.26. The Labute approximate surface area is 203 Å². The van der Waals surface area contributed by atoms with E-state index < -0.39 is 5.97 Å². The van der Waals surface area contributed by atoms with Crippen molar-refractivity contribution >= 4 is 16.9 Å². The fourth-order valence-corrected chi connectivity index (χ4v) is 4.52. The van der Waals surface area contributed by atoms with Crippen LogP contribution >= 0.6 is 0 Å². The van der Waals surface area contributed by atoms with Crippen molar-refractivity contribution in [3.05, 3.63) is 119 Å². The van der Waals surface area contributed by atoms with Crippen molar-refractivity contribution in [2.24, 2.45) is 0 Å². The Balaban J connectivity index is 1.32. The van der Waals surface area contributed by atoms with Crippen LogP contribution in [0.15, 0.2) is 95.8 Å². The minimum Gasteiger partial charge on any atom is -0.489 e. The quantitative estimate of drug-likeness (QED) is 0.281. The van der Waals surface area contributed by atoms with Gasteiger partial charge in [0.05, 0.1) is 17.6 Å². The van der Waals surface area contributed by atoms with Gasteiger partial charge in [-0.15, -0.1) is 0 Å². The van der Waals surface area contributed by atoms with Crippen LogP contribution in [0.3, 0.4) is 0 Å². The Hall–Kier alpha value is -4.32. The number of rotatable bonds is 9. The second-order valence-electron chi connectivity index (χ2n) is 8.65. The number of carboxylic acid groups (broad SMARTS) is 1. The average molecular weight is 467 g/mol. The lowest BCUT2D eigenvalue weighted by molar-refractivity contribution is -0.137. The molecule has 2 heterocycles. The Bertz CT molecular complexity index is 1420. The summed E-state index contributed by atoms with van der Waals surface area (Å²) in [6.45, 7) is 3.40. The van der Waals surface area contributed by atoms with Crippen LogP contribution in [0.1, 0.15) is 40.3 Å². The van der Waals surface area contributed by atoms with Gasteiger partial charge in [-0.1, -0.05) is 59.8 Å². The summed E-state index contributed by atoms with van der Waals surface area (Å²) in [7, 11) is 0. The first-order valence-corrected chi connectivity index (χ1v) is 11.5. The predicted molar refractivity (Wildman–Crippen MR) is 134 cm³/mol. The zero-order valence-electron chi connectivity index (χ0n) is 19.4. The zero-order chi connectivity index (χ0) is 24.2. The molecular weight excluding hydrogens is 440 g/mol. The number of hydrogen-bond donors (Lipinski definition) is 1. The molecule has 6 nitrogen and oxygen atoms in total. The largest absolute Gasteiger partial charge is 0.489 e. The fraction of sp³-hybridized carbons (Fsp3) is 0.172. The summed E-state index contributed by atoms with van der Waals surface area (Å²) >= 11 is 0. The number of aryl methyl sites for hydroxylation is 1. The molecule has 0 saturated heterocycles. The van der Waals surface area contributed by atoms with E-state index >= 15 is 0 Å². The first kappa shape index (κ1) is 22.5. The van der Waals surface area contributed by atoms with E-state index in [2.05, 4.69) is 65.3 Å². The van der Waals surface area contributed by atoms with Crippen molar-refractivity contribution in [3.8, 4) is 5.75 Å². The van der Waals surface area contributed by atoms with Crippen LogP contribution in [0, 0.1) is 6.92 Å². The molecule has 0 aliphatic carbocycles. The number of carbonyl (C=O) groups is 1. The normalized spacial score (nSPS) is 12.0. The highest BCUT2D eigenvalue weighted by Gasteiger charge is 2.20. The van der Waals surface area contributed by atoms with Crippen molar-refractivity contribution in [3.63, 3.8) is 0 Å². The molecule has 0 aliphatic rings. The van der Waals surface area contributed by atoms with Crippen LogP contribution < -0.4 is 4.74 Å². The van der Waals surface area contributed by atoms with E-state index in [4.69, 9.17) is 9.26 Å². The Morgan fingerprint density at radius 1 is 1.03 bits per heavy atom. The van der Waals surface area contributed by atoms with Gasteiger partial charge in [0.25, 0.3) is 0 Å². The van der Waals surface area contributed by atoms with Crippen LogP contribution in [0.2, 0.25) is 0 Å². The molecule has 1 atom stereocenters. The molecule has 5 rings (SSSR count). The van der Waals surface area contributed by atoms with Gasteiger partial charge in [-0.2, -0.15) is 0 Å². The van der Waals surface area contributed by atoms with E-state index in [1.54, 1.807) is 6.07 Å². The average Bonchev–Trinajstić information content (AvgIpc) is 3.54. The number of nitrogens with zero attached hydrogens (tertiary/aromatic N) is 2. The molecule has 0 saturated carbocycles. The standard InChI is InChI=1S/C29H26N2O4/c1-20-24(8-7-23-13-15-31(29(20)23)18-21-5-3-2-4-6-21)19-34-25-11-9-22(10-12-25)26(17-28(32)33)27-14-16-35-30-27/h2-16,26H,17-19H2,1H3,(H,32,33)/t26-/m0/s1. The second-order valence-corrected chi connectivity index (χ2v) is 8.65. The van der Waals surface area contributed by atoms with Gasteiger partial charge in [-0.05, 0) is 52.8 Å². The van der Waals surface area contributed by atoms with Gasteiger partial charge in [0.2, 0.25) is 0 Å². The first-order valence-electron chi connectivity index (χ1n) is 11.5. The summed E-state index contributed by atoms with van der Waals surface area (Å²) in [5.74, 6) is -0.536. The smallest absolute Gasteiger partial charge is 0.304 e. The molecule has 0 amide bonds. The lowest BCUT2D eigenvalue weighted by atomic mass is 9.92. The van der Waals surface area contributed by atoms with E-state index in [1.807, 2.05) is 30.3 Å². The summed E-state index contributed by atoms with van der Waals surface area (Å²) in [6, 6.07) is 26.1. The molecule has 0 aliphatic heterocycles. The Morgan fingerprint density at radius 3 is 2.54 bits per heavy atom. The Kier molecular flexibility index (Phi) is 6.35. The number of fused-ring (bicyclic) bond motifs is 1. The summed E-state index contributed by atoms with van der Waals surface area (Å²) in [6.07, 6.45) is 3.53. The number of aliphatic carboxylic acids is 1. The minimum absolute atomic E-state index is 0.0609. The van der Waals surface area contributed by atoms with Gasteiger partial charge >= 0.3 is 5.97 Å². The van der Waals surface area contributed by atoms with Crippen LogP contribution in [0.25, 0.3) is 10.9 Å². The maximum absolute atomic E-state index is 11.4. The van der Waals surface area contributed by atoms with Crippen molar-refractivity contribution in [2.45, 2.75) is 32.4 Å². The fourth-order valence-electron chi connectivity index (χ4n) is 4.52. The third-order valence-corrected chi connectivity index (χ3v) is 6.36. The maximum Gasteiger partial charge on any atom is 0.304 e. The first-order chi connectivity index (χ1) is 17.1. The molecule has 176 valence electrons. The molecule has 0 bridgehead atoms. The van der Waals surface area contributed by atoms with Gasteiger partial charge in [0.1, 0.15) is 18.6 Å². The highest BCUT2D eigenvalue weighted by Crippen LogP contribution is 2.29. The second kappa shape index (κ2) is 9.89. The summed E-state index contributed by atoms with van der Waals surface area (Å²) < 4.78 is 13.3. The monoisotopic (exact) mass is 466 g/mol. The van der Waals surface area contributed by atoms with Gasteiger partial charge in [0, 0.05) is 24.7 Å².